The van der Waals surface area contributed by atoms with Crippen molar-refractivity contribution in [1.82, 2.24) is 29.3 Å². The van der Waals surface area contributed by atoms with E-state index in [1.807, 2.05) is 6.92 Å². The molecule has 0 aliphatic heterocycles. The molecule has 0 aliphatic rings. The lowest BCUT2D eigenvalue weighted by atomic mass is 10.3. The molecule has 4 aromatic rings. The Morgan fingerprint density at radius 2 is 1.97 bits per heavy atom. The Morgan fingerprint density at radius 1 is 1.17 bits per heavy atom. The monoisotopic (exact) mass is 425 g/mol. The van der Waals surface area contributed by atoms with Gasteiger partial charge in [0, 0.05) is 36.9 Å². The van der Waals surface area contributed by atoms with Gasteiger partial charge in [-0.3, -0.25) is 4.72 Å². The van der Waals surface area contributed by atoms with Crippen molar-refractivity contribution in [3.63, 3.8) is 0 Å². The molecule has 0 fully saturated rings. The number of aryl methyl sites for hydroxylation is 2. The molecule has 0 saturated heterocycles. The lowest BCUT2D eigenvalue weighted by Crippen LogP contribution is -2.13. The zero-order chi connectivity index (χ0) is 21.1. The van der Waals surface area contributed by atoms with Gasteiger partial charge in [0.05, 0.1) is 0 Å². The number of hydrogen-bond donors (Lipinski definition) is 1. The number of nitrogens with zero attached hydrogens (tertiary/aromatic N) is 6. The summed E-state index contributed by atoms with van der Waals surface area (Å²) in [5.74, 6) is 2.04. The van der Waals surface area contributed by atoms with Crippen LogP contribution < -0.4 is 9.46 Å². The first kappa shape index (κ1) is 19.6. The van der Waals surface area contributed by atoms with Gasteiger partial charge in [0.15, 0.2) is 10.8 Å². The molecule has 4 rings (SSSR count). The van der Waals surface area contributed by atoms with Crippen molar-refractivity contribution in [1.29, 1.82) is 0 Å². The SMILES string of the molecule is CCn1cc(S(=O)(=O)Nc2ccc(Oc3cc(-n4cccn4)ncn3)cc2)nc1C. The molecule has 10 nitrogen and oxygen atoms in total. The summed E-state index contributed by atoms with van der Waals surface area (Å²) in [4.78, 5) is 12.4. The minimum Gasteiger partial charge on any atom is -0.439 e. The van der Waals surface area contributed by atoms with E-state index in [0.717, 1.165) is 0 Å². The summed E-state index contributed by atoms with van der Waals surface area (Å²) in [6, 6.07) is 9.93. The number of ether oxygens (including phenoxy) is 1. The normalized spacial score (nSPS) is 11.4. The fourth-order valence-electron chi connectivity index (χ4n) is 2.76. The average Bonchev–Trinajstić information content (AvgIpc) is 3.39. The van der Waals surface area contributed by atoms with Crippen molar-refractivity contribution in [3.8, 4) is 17.4 Å². The maximum Gasteiger partial charge on any atom is 0.280 e. The van der Waals surface area contributed by atoms with E-state index >= 15 is 0 Å². The summed E-state index contributed by atoms with van der Waals surface area (Å²) in [5.41, 5.74) is 0.394. The van der Waals surface area contributed by atoms with E-state index in [0.29, 0.717) is 35.5 Å². The van der Waals surface area contributed by atoms with E-state index in [1.54, 1.807) is 65.0 Å². The van der Waals surface area contributed by atoms with Gasteiger partial charge in [-0.1, -0.05) is 0 Å². The quantitative estimate of drug-likeness (QED) is 0.484. The van der Waals surface area contributed by atoms with Crippen LogP contribution in [-0.2, 0) is 16.6 Å². The summed E-state index contributed by atoms with van der Waals surface area (Å²) >= 11 is 0. The van der Waals surface area contributed by atoms with Crippen LogP contribution >= 0.6 is 0 Å². The van der Waals surface area contributed by atoms with Crippen LogP contribution in [0.3, 0.4) is 0 Å². The molecule has 0 atom stereocenters. The molecule has 30 heavy (non-hydrogen) atoms. The van der Waals surface area contributed by atoms with Gasteiger partial charge in [-0.2, -0.15) is 13.5 Å². The fourth-order valence-corrected chi connectivity index (χ4v) is 3.83. The van der Waals surface area contributed by atoms with Crippen molar-refractivity contribution < 1.29 is 13.2 Å². The van der Waals surface area contributed by atoms with Crippen LogP contribution in [0.4, 0.5) is 5.69 Å². The molecular formula is C19H19N7O3S. The Morgan fingerprint density at radius 3 is 2.63 bits per heavy atom. The van der Waals surface area contributed by atoms with Gasteiger partial charge < -0.3 is 9.30 Å². The fraction of sp³-hybridized carbons (Fsp3) is 0.158. The third-order valence-electron chi connectivity index (χ3n) is 4.27. The zero-order valence-corrected chi connectivity index (χ0v) is 17.1. The Kier molecular flexibility index (Phi) is 5.19. The number of imidazole rings is 1. The highest BCUT2D eigenvalue weighted by Crippen LogP contribution is 2.23. The maximum absolute atomic E-state index is 12.6. The first-order valence-corrected chi connectivity index (χ1v) is 10.6. The first-order chi connectivity index (χ1) is 14.4. The second-order valence-corrected chi connectivity index (χ2v) is 7.94. The van der Waals surface area contributed by atoms with Crippen LogP contribution in [0.15, 0.2) is 66.3 Å². The molecule has 3 aromatic heterocycles. The number of hydrogen-bond acceptors (Lipinski definition) is 7. The maximum atomic E-state index is 12.6. The number of nitrogens with one attached hydrogen (secondary N) is 1. The highest BCUT2D eigenvalue weighted by molar-refractivity contribution is 7.92. The molecule has 11 heteroatoms. The van der Waals surface area contributed by atoms with Gasteiger partial charge in [0.2, 0.25) is 5.88 Å². The molecule has 1 N–H and O–H groups in total. The van der Waals surface area contributed by atoms with E-state index in [2.05, 4.69) is 24.8 Å². The first-order valence-electron chi connectivity index (χ1n) is 9.11. The highest BCUT2D eigenvalue weighted by Gasteiger charge is 2.19. The van der Waals surface area contributed by atoms with Gasteiger partial charge in [0.25, 0.3) is 10.0 Å². The van der Waals surface area contributed by atoms with Crippen LogP contribution in [0.2, 0.25) is 0 Å². The van der Waals surface area contributed by atoms with Crippen molar-refractivity contribution in [2.24, 2.45) is 0 Å². The molecule has 0 amide bonds. The van der Waals surface area contributed by atoms with E-state index in [4.69, 9.17) is 4.74 Å². The Labute approximate surface area is 173 Å². The number of aromatic nitrogens is 6. The molecular weight excluding hydrogens is 406 g/mol. The molecule has 0 unspecified atom stereocenters. The summed E-state index contributed by atoms with van der Waals surface area (Å²) in [6.45, 7) is 4.33. The predicted octanol–water partition coefficient (Wildman–Crippen LogP) is 2.78. The standard InChI is InChI=1S/C19H19N7O3S/c1-3-25-12-19(23-14(25)2)30(27,28)24-15-5-7-16(8-6-15)29-18-11-17(20-13-21-18)26-10-4-9-22-26/h4-13,24H,3H2,1-2H3. The summed E-state index contributed by atoms with van der Waals surface area (Å²) in [5, 5.41) is 4.10. The summed E-state index contributed by atoms with van der Waals surface area (Å²) in [7, 11) is -3.78. The topological polar surface area (TPSA) is 117 Å². The number of rotatable bonds is 7. The Hall–Kier alpha value is -3.73. The number of benzene rings is 1. The van der Waals surface area contributed by atoms with Crippen LogP contribution in [-0.4, -0.2) is 37.7 Å². The lowest BCUT2D eigenvalue weighted by Gasteiger charge is -2.08. The van der Waals surface area contributed by atoms with E-state index in [1.165, 1.54) is 12.5 Å². The third kappa shape index (κ3) is 4.15. The van der Waals surface area contributed by atoms with Gasteiger partial charge in [-0.05, 0) is 44.2 Å². The van der Waals surface area contributed by atoms with E-state index < -0.39 is 10.0 Å². The van der Waals surface area contributed by atoms with Gasteiger partial charge >= 0.3 is 0 Å². The van der Waals surface area contributed by atoms with E-state index in [9.17, 15) is 8.42 Å². The molecule has 0 spiro atoms. The van der Waals surface area contributed by atoms with Crippen LogP contribution in [0.1, 0.15) is 12.7 Å². The smallest absolute Gasteiger partial charge is 0.280 e. The highest BCUT2D eigenvalue weighted by atomic mass is 32.2. The van der Waals surface area contributed by atoms with Gasteiger partial charge in [-0.15, -0.1) is 0 Å². The van der Waals surface area contributed by atoms with E-state index in [-0.39, 0.29) is 5.03 Å². The number of anilines is 1. The molecule has 0 radical (unpaired) electrons. The van der Waals surface area contributed by atoms with Crippen molar-refractivity contribution in [2.45, 2.75) is 25.4 Å². The molecule has 1 aromatic carbocycles. The Balaban J connectivity index is 1.47. The summed E-state index contributed by atoms with van der Waals surface area (Å²) < 4.78 is 36.7. The van der Waals surface area contributed by atoms with Crippen molar-refractivity contribution in [2.75, 3.05) is 4.72 Å². The molecule has 3 heterocycles. The lowest BCUT2D eigenvalue weighted by molar-refractivity contribution is 0.460. The molecule has 154 valence electrons. The zero-order valence-electron chi connectivity index (χ0n) is 16.3. The van der Waals surface area contributed by atoms with Crippen LogP contribution in [0.25, 0.3) is 5.82 Å². The van der Waals surface area contributed by atoms with Gasteiger partial charge in [0.1, 0.15) is 17.9 Å². The molecule has 0 bridgehead atoms. The Bertz CT molecular complexity index is 1250. The third-order valence-corrected chi connectivity index (χ3v) is 5.52. The van der Waals surface area contributed by atoms with Gasteiger partial charge in [-0.25, -0.2) is 19.6 Å². The number of sulfonamides is 1. The van der Waals surface area contributed by atoms with Crippen LogP contribution in [0.5, 0.6) is 11.6 Å². The minimum atomic E-state index is -3.78. The molecule has 0 aliphatic carbocycles. The second kappa shape index (κ2) is 7.95. The molecule has 0 saturated carbocycles. The minimum absolute atomic E-state index is 0.0192. The average molecular weight is 425 g/mol. The predicted molar refractivity (Wildman–Crippen MR) is 109 cm³/mol. The van der Waals surface area contributed by atoms with Crippen molar-refractivity contribution >= 4 is 15.7 Å². The van der Waals surface area contributed by atoms with Crippen LogP contribution in [0, 0.1) is 6.92 Å². The van der Waals surface area contributed by atoms with Crippen molar-refractivity contribution in [3.05, 3.63) is 67.1 Å². The largest absolute Gasteiger partial charge is 0.439 e. The summed E-state index contributed by atoms with van der Waals surface area (Å²) in [6.07, 6.45) is 6.31. The second-order valence-electron chi connectivity index (χ2n) is 6.31.